The van der Waals surface area contributed by atoms with Crippen molar-refractivity contribution in [2.75, 3.05) is 12.3 Å². The largest absolute Gasteiger partial charge is 0.481 e. The first-order valence-electron chi connectivity index (χ1n) is 6.85. The third-order valence-corrected chi connectivity index (χ3v) is 5.07. The van der Waals surface area contributed by atoms with Gasteiger partial charge in [0, 0.05) is 23.4 Å². The minimum Gasteiger partial charge on any atom is -0.481 e. The Kier molecular flexibility index (Phi) is 5.41. The van der Waals surface area contributed by atoms with E-state index in [1.54, 1.807) is 24.3 Å². The number of likely N-dealkylation sites (tertiary alicyclic amines) is 1. The van der Waals surface area contributed by atoms with Crippen molar-refractivity contribution in [3.05, 3.63) is 34.3 Å². The molecule has 1 aliphatic rings. The van der Waals surface area contributed by atoms with Crippen LogP contribution in [-0.2, 0) is 19.8 Å². The molecule has 1 aromatic rings. The van der Waals surface area contributed by atoms with Gasteiger partial charge < -0.3 is 10.0 Å². The summed E-state index contributed by atoms with van der Waals surface area (Å²) >= 11 is 3.28. The number of amides is 1. The van der Waals surface area contributed by atoms with Crippen LogP contribution in [0.25, 0.3) is 0 Å². The van der Waals surface area contributed by atoms with Gasteiger partial charge in [-0.25, -0.2) is 0 Å². The molecule has 0 aromatic heterocycles. The van der Waals surface area contributed by atoms with Gasteiger partial charge in [0.25, 0.3) is 0 Å². The second-order valence-corrected chi connectivity index (χ2v) is 7.81. The van der Waals surface area contributed by atoms with E-state index in [0.717, 1.165) is 4.47 Å². The van der Waals surface area contributed by atoms with E-state index >= 15 is 0 Å². The summed E-state index contributed by atoms with van der Waals surface area (Å²) in [6.07, 6.45) is -0.404. The van der Waals surface area contributed by atoms with Gasteiger partial charge in [0.1, 0.15) is 0 Å². The number of hydrogen-bond acceptors (Lipinski definition) is 4. The number of aliphatic carboxylic acids is 1. The van der Waals surface area contributed by atoms with Crippen LogP contribution in [0.2, 0.25) is 0 Å². The molecule has 126 valence electrons. The van der Waals surface area contributed by atoms with Gasteiger partial charge >= 0.3 is 16.2 Å². The second kappa shape index (κ2) is 6.96. The van der Waals surface area contributed by atoms with Crippen molar-refractivity contribution in [3.63, 3.8) is 0 Å². The van der Waals surface area contributed by atoms with Crippen LogP contribution in [0.1, 0.15) is 24.4 Å². The summed E-state index contributed by atoms with van der Waals surface area (Å²) in [6.45, 7) is 0.0238. The standard InChI is InChI=1S/C14H15BrFNO5S/c15-11-3-1-10(2-4-11)12(6-14(19)20)17-7-9(5-13(17)18)8-23(16,21)22/h1-4,9,12H,5-8H2,(H,19,20). The Morgan fingerprint density at radius 1 is 1.39 bits per heavy atom. The minimum atomic E-state index is -4.67. The molecule has 1 aliphatic heterocycles. The third-order valence-electron chi connectivity index (χ3n) is 3.67. The number of hydrogen-bond donors (Lipinski definition) is 1. The molecule has 0 saturated carbocycles. The fourth-order valence-corrected chi connectivity index (χ4v) is 3.81. The highest BCUT2D eigenvalue weighted by Crippen LogP contribution is 2.32. The Morgan fingerprint density at radius 3 is 2.52 bits per heavy atom. The van der Waals surface area contributed by atoms with Crippen molar-refractivity contribution in [3.8, 4) is 0 Å². The highest BCUT2D eigenvalue weighted by Gasteiger charge is 2.37. The normalized spacial score (nSPS) is 19.8. The summed E-state index contributed by atoms with van der Waals surface area (Å²) in [7, 11) is -4.67. The first kappa shape index (κ1) is 17.9. The highest BCUT2D eigenvalue weighted by atomic mass is 79.9. The number of benzene rings is 1. The molecule has 0 spiro atoms. The van der Waals surface area contributed by atoms with Crippen molar-refractivity contribution in [2.45, 2.75) is 18.9 Å². The fourth-order valence-electron chi connectivity index (χ4n) is 2.76. The molecule has 1 saturated heterocycles. The molecule has 6 nitrogen and oxygen atoms in total. The maximum Gasteiger partial charge on any atom is 0.305 e. The molecular weight excluding hydrogens is 393 g/mol. The molecule has 1 heterocycles. The summed E-state index contributed by atoms with van der Waals surface area (Å²) in [5, 5.41) is 9.10. The summed E-state index contributed by atoms with van der Waals surface area (Å²) < 4.78 is 35.1. The molecule has 0 aliphatic carbocycles. The average Bonchev–Trinajstić information content (AvgIpc) is 2.75. The van der Waals surface area contributed by atoms with Crippen LogP contribution in [0.3, 0.4) is 0 Å². The fraction of sp³-hybridized carbons (Fsp3) is 0.429. The molecular formula is C14H15BrFNO5S. The lowest BCUT2D eigenvalue weighted by Crippen LogP contribution is -2.32. The molecule has 9 heteroatoms. The number of carbonyl (C=O) groups excluding carboxylic acids is 1. The van der Waals surface area contributed by atoms with E-state index in [0.29, 0.717) is 5.56 Å². The average molecular weight is 408 g/mol. The number of rotatable bonds is 6. The predicted molar refractivity (Wildman–Crippen MR) is 83.9 cm³/mol. The number of carbonyl (C=O) groups is 2. The summed E-state index contributed by atoms with van der Waals surface area (Å²) in [6, 6.07) is 6.15. The predicted octanol–water partition coefficient (Wildman–Crippen LogP) is 2.11. The zero-order valence-corrected chi connectivity index (χ0v) is 14.4. The first-order valence-corrected chi connectivity index (χ1v) is 9.19. The SMILES string of the molecule is O=C(O)CC(c1ccc(Br)cc1)N1CC(CS(=O)(=O)F)CC1=O. The molecule has 1 aromatic carbocycles. The Morgan fingerprint density at radius 2 is 2.00 bits per heavy atom. The zero-order chi connectivity index (χ0) is 17.2. The van der Waals surface area contributed by atoms with Crippen LogP contribution in [0, 0.1) is 5.92 Å². The number of carboxylic acids is 1. The summed E-state index contributed by atoms with van der Waals surface area (Å²) in [5.74, 6) is -2.83. The van der Waals surface area contributed by atoms with Crippen LogP contribution >= 0.6 is 15.9 Å². The summed E-state index contributed by atoms with van der Waals surface area (Å²) in [4.78, 5) is 24.6. The van der Waals surface area contributed by atoms with Gasteiger partial charge in [-0.05, 0) is 17.7 Å². The van der Waals surface area contributed by atoms with Gasteiger partial charge in [0.2, 0.25) is 5.91 Å². The maximum absolute atomic E-state index is 12.8. The van der Waals surface area contributed by atoms with Gasteiger partial charge in [0.15, 0.2) is 0 Å². The molecule has 2 rings (SSSR count). The van der Waals surface area contributed by atoms with Crippen molar-refractivity contribution in [1.29, 1.82) is 0 Å². The van der Waals surface area contributed by atoms with E-state index < -0.39 is 33.9 Å². The lowest BCUT2D eigenvalue weighted by Gasteiger charge is -2.27. The highest BCUT2D eigenvalue weighted by molar-refractivity contribution is 9.10. The maximum atomic E-state index is 12.8. The lowest BCUT2D eigenvalue weighted by atomic mass is 10.0. The number of nitrogens with zero attached hydrogens (tertiary/aromatic N) is 1. The molecule has 1 fully saturated rings. The topological polar surface area (TPSA) is 91.8 Å². The quantitative estimate of drug-likeness (QED) is 0.729. The van der Waals surface area contributed by atoms with Crippen LogP contribution in [0.15, 0.2) is 28.7 Å². The molecule has 0 bridgehead atoms. The van der Waals surface area contributed by atoms with Gasteiger partial charge in [-0.1, -0.05) is 28.1 Å². The lowest BCUT2D eigenvalue weighted by molar-refractivity contribution is -0.139. The van der Waals surface area contributed by atoms with Crippen LogP contribution in [0.4, 0.5) is 3.89 Å². The van der Waals surface area contributed by atoms with E-state index in [4.69, 9.17) is 5.11 Å². The van der Waals surface area contributed by atoms with E-state index in [1.165, 1.54) is 4.90 Å². The third kappa shape index (κ3) is 5.00. The minimum absolute atomic E-state index is 0.0238. The van der Waals surface area contributed by atoms with Crippen molar-refractivity contribution in [2.24, 2.45) is 5.92 Å². The monoisotopic (exact) mass is 407 g/mol. The Bertz CT molecular complexity index is 706. The van der Waals surface area contributed by atoms with Crippen LogP contribution < -0.4 is 0 Å². The number of halogens is 2. The molecule has 2 unspecified atom stereocenters. The first-order chi connectivity index (χ1) is 10.7. The molecule has 1 amide bonds. The molecule has 23 heavy (non-hydrogen) atoms. The van der Waals surface area contributed by atoms with E-state index in [1.807, 2.05) is 0 Å². The Labute approximate surface area is 141 Å². The smallest absolute Gasteiger partial charge is 0.305 e. The van der Waals surface area contributed by atoms with Crippen molar-refractivity contribution < 1.29 is 27.0 Å². The summed E-state index contributed by atoms with van der Waals surface area (Å²) in [5.41, 5.74) is 0.632. The van der Waals surface area contributed by atoms with Gasteiger partial charge in [-0.15, -0.1) is 3.89 Å². The Hall–Kier alpha value is -1.48. The van der Waals surface area contributed by atoms with E-state index in [9.17, 15) is 21.9 Å². The number of carboxylic acid groups (broad SMARTS) is 1. The van der Waals surface area contributed by atoms with Gasteiger partial charge in [-0.3, -0.25) is 9.59 Å². The Balaban J connectivity index is 2.23. The molecule has 2 atom stereocenters. The van der Waals surface area contributed by atoms with E-state index in [2.05, 4.69) is 15.9 Å². The van der Waals surface area contributed by atoms with Crippen LogP contribution in [0.5, 0.6) is 0 Å². The van der Waals surface area contributed by atoms with Gasteiger partial charge in [0.05, 0.1) is 18.2 Å². The van der Waals surface area contributed by atoms with Crippen LogP contribution in [-0.4, -0.2) is 42.6 Å². The molecule has 0 radical (unpaired) electrons. The van der Waals surface area contributed by atoms with Gasteiger partial charge in [-0.2, -0.15) is 8.42 Å². The van der Waals surface area contributed by atoms with E-state index in [-0.39, 0.29) is 25.3 Å². The van der Waals surface area contributed by atoms with Crippen molar-refractivity contribution >= 4 is 38.0 Å². The zero-order valence-electron chi connectivity index (χ0n) is 12.0. The molecule has 1 N–H and O–H groups in total. The second-order valence-electron chi connectivity index (χ2n) is 5.49. The van der Waals surface area contributed by atoms with Crippen molar-refractivity contribution in [1.82, 2.24) is 4.90 Å².